The van der Waals surface area contributed by atoms with Crippen LogP contribution in [-0.4, -0.2) is 193 Å². The molecule has 3 saturated heterocycles. The minimum absolute atomic E-state index is 0.222. The molecule has 3 heterocycles. The second-order valence-electron chi connectivity index (χ2n) is 17.9. The Hall–Kier alpha value is -2.51. The number of nitrogens with one attached hydrogen (secondary N) is 1. The number of aliphatic hydroxyl groups excluding tert-OH is 11. The van der Waals surface area contributed by atoms with Crippen LogP contribution in [-0.2, 0) is 33.2 Å². The number of carbonyl (C=O) groups excluding carboxylic acids is 1. The van der Waals surface area contributed by atoms with E-state index < -0.39 is 124 Å². The van der Waals surface area contributed by atoms with Crippen molar-refractivity contribution in [2.24, 2.45) is 0 Å². The molecule has 1 amide bonds. The van der Waals surface area contributed by atoms with Gasteiger partial charge in [-0.1, -0.05) is 113 Å². The van der Waals surface area contributed by atoms with Gasteiger partial charge >= 0.3 is 0 Å². The van der Waals surface area contributed by atoms with Crippen LogP contribution in [0, 0.1) is 0 Å². The number of aliphatic hydroxyl groups is 11. The lowest BCUT2D eigenvalue weighted by Crippen LogP contribution is -2.66. The normalized spacial score (nSPS) is 33.4. The van der Waals surface area contributed by atoms with Crippen molar-refractivity contribution in [2.45, 2.75) is 221 Å². The molecule has 0 aromatic heterocycles. The summed E-state index contributed by atoms with van der Waals surface area (Å²) in [5, 5.41) is 119. The molecule has 0 radical (unpaired) electrons. The second kappa shape index (κ2) is 34.8. The molecule has 19 heteroatoms. The third-order valence-corrected chi connectivity index (χ3v) is 12.4. The molecule has 0 aromatic carbocycles. The molecule has 17 atom stereocenters. The van der Waals surface area contributed by atoms with Gasteiger partial charge in [0.25, 0.3) is 0 Å². The SMILES string of the molecule is CC/C=C\C/C=C\C/C=C\C/C=C\C/C=C\CCCCCC(=O)NC(COC1OC(CO)C(OC2OC(CO)C(OC3OC(CO)C(O)C(O)C3O)C(O)C2O)C(O)C1O)C(O)CCCCCCC. The molecule has 69 heavy (non-hydrogen) atoms. The lowest BCUT2D eigenvalue weighted by Gasteiger charge is -2.48. The number of carbonyl (C=O) groups is 1. The summed E-state index contributed by atoms with van der Waals surface area (Å²) in [4.78, 5) is 13.1. The van der Waals surface area contributed by atoms with Gasteiger partial charge in [-0.15, -0.1) is 0 Å². The van der Waals surface area contributed by atoms with Crippen LogP contribution in [0.1, 0.15) is 117 Å². The maximum Gasteiger partial charge on any atom is 0.220 e. The van der Waals surface area contributed by atoms with E-state index in [0.29, 0.717) is 19.3 Å². The van der Waals surface area contributed by atoms with Crippen molar-refractivity contribution in [1.82, 2.24) is 5.32 Å². The molecule has 398 valence electrons. The van der Waals surface area contributed by atoms with E-state index in [-0.39, 0.29) is 18.9 Å². The van der Waals surface area contributed by atoms with Crippen molar-refractivity contribution in [3.63, 3.8) is 0 Å². The van der Waals surface area contributed by atoms with Crippen molar-refractivity contribution in [3.8, 4) is 0 Å². The van der Waals surface area contributed by atoms with E-state index in [9.17, 15) is 61.0 Å². The third kappa shape index (κ3) is 20.9. The van der Waals surface area contributed by atoms with Gasteiger partial charge < -0.3 is 89.9 Å². The minimum Gasteiger partial charge on any atom is -0.394 e. The monoisotopic (exact) mass is 988 g/mol. The zero-order valence-corrected chi connectivity index (χ0v) is 40.5. The third-order valence-electron chi connectivity index (χ3n) is 12.4. The van der Waals surface area contributed by atoms with Crippen LogP contribution < -0.4 is 5.32 Å². The van der Waals surface area contributed by atoms with E-state index in [1.807, 2.05) is 0 Å². The highest BCUT2D eigenvalue weighted by molar-refractivity contribution is 5.76. The standard InChI is InChI=1S/C50H85NO18/c1-3-5-7-9-10-11-12-13-14-15-16-17-18-19-20-21-22-24-26-28-38(56)51-33(34(55)27-25-23-8-6-4-2)32-64-48-44(62)41(59)46(36(30-53)66-48)69-50-45(63)42(60)47(37(31-54)67-50)68-49-43(61)40(58)39(57)35(29-52)65-49/h5,7,10-11,13-14,16-17,19-20,33-37,39-50,52-55,57-63H,3-4,6,8-9,12,15,18,21-32H2,1-2H3,(H,51,56)/b7-5-,11-10-,14-13-,17-16-,20-19-. The second-order valence-corrected chi connectivity index (χ2v) is 17.9. The summed E-state index contributed by atoms with van der Waals surface area (Å²) in [6.45, 7) is 1.48. The number of unbranched alkanes of at least 4 members (excludes halogenated alkanes) is 7. The molecule has 0 spiro atoms. The molecule has 0 saturated carbocycles. The highest BCUT2D eigenvalue weighted by atomic mass is 16.8. The number of hydrogen-bond acceptors (Lipinski definition) is 18. The Morgan fingerprint density at radius 1 is 0.536 bits per heavy atom. The predicted molar refractivity (Wildman–Crippen MR) is 254 cm³/mol. The largest absolute Gasteiger partial charge is 0.394 e. The van der Waals surface area contributed by atoms with Crippen LogP contribution >= 0.6 is 0 Å². The van der Waals surface area contributed by atoms with Crippen molar-refractivity contribution in [2.75, 3.05) is 26.4 Å². The average molecular weight is 988 g/mol. The van der Waals surface area contributed by atoms with Crippen LogP contribution in [0.5, 0.6) is 0 Å². The summed E-state index contributed by atoms with van der Waals surface area (Å²) < 4.78 is 34.0. The van der Waals surface area contributed by atoms with Crippen molar-refractivity contribution in [1.29, 1.82) is 0 Å². The van der Waals surface area contributed by atoms with E-state index in [1.165, 1.54) is 0 Å². The topological polar surface area (TPSA) is 307 Å². The fourth-order valence-electron chi connectivity index (χ4n) is 8.16. The Kier molecular flexibility index (Phi) is 30.6. The van der Waals surface area contributed by atoms with Gasteiger partial charge in [0.1, 0.15) is 73.2 Å². The number of ether oxygens (including phenoxy) is 6. The van der Waals surface area contributed by atoms with Crippen molar-refractivity contribution >= 4 is 5.91 Å². The first kappa shape index (κ1) is 60.8. The highest BCUT2D eigenvalue weighted by Crippen LogP contribution is 2.33. The van der Waals surface area contributed by atoms with Crippen LogP contribution in [0.4, 0.5) is 0 Å². The molecule has 12 N–H and O–H groups in total. The van der Waals surface area contributed by atoms with Gasteiger partial charge in [-0.25, -0.2) is 0 Å². The summed E-state index contributed by atoms with van der Waals surface area (Å²) in [6.07, 6.45) is 8.26. The summed E-state index contributed by atoms with van der Waals surface area (Å²) in [6, 6.07) is -0.903. The Balaban J connectivity index is 1.50. The first-order valence-electron chi connectivity index (χ1n) is 25.0. The molecule has 3 aliphatic heterocycles. The molecule has 17 unspecified atom stereocenters. The van der Waals surface area contributed by atoms with Crippen molar-refractivity contribution in [3.05, 3.63) is 60.8 Å². The molecule has 19 nitrogen and oxygen atoms in total. The zero-order chi connectivity index (χ0) is 50.6. The molecule has 3 aliphatic rings. The summed E-state index contributed by atoms with van der Waals surface area (Å²) >= 11 is 0. The number of hydrogen-bond donors (Lipinski definition) is 12. The van der Waals surface area contributed by atoms with Crippen LogP contribution in [0.25, 0.3) is 0 Å². The van der Waals surface area contributed by atoms with Crippen LogP contribution in [0.3, 0.4) is 0 Å². The van der Waals surface area contributed by atoms with Gasteiger partial charge in [-0.2, -0.15) is 0 Å². The molecule has 0 bridgehead atoms. The molecular formula is C50H85NO18. The number of rotatable bonds is 33. The van der Waals surface area contributed by atoms with E-state index >= 15 is 0 Å². The quantitative estimate of drug-likeness (QED) is 0.0326. The smallest absolute Gasteiger partial charge is 0.220 e. The Bertz CT molecular complexity index is 1510. The Morgan fingerprint density at radius 3 is 1.54 bits per heavy atom. The Labute approximate surface area is 407 Å². The van der Waals surface area contributed by atoms with E-state index in [4.69, 9.17) is 28.4 Å². The zero-order valence-electron chi connectivity index (χ0n) is 40.5. The van der Waals surface area contributed by atoms with Gasteiger partial charge in [0, 0.05) is 6.42 Å². The summed E-state index contributed by atoms with van der Waals surface area (Å²) in [5.74, 6) is -0.286. The summed E-state index contributed by atoms with van der Waals surface area (Å²) in [5.41, 5.74) is 0. The van der Waals surface area contributed by atoms with Gasteiger partial charge in [0.15, 0.2) is 18.9 Å². The first-order valence-corrected chi connectivity index (χ1v) is 25.0. The van der Waals surface area contributed by atoms with Crippen molar-refractivity contribution < 1.29 is 89.4 Å². The number of allylic oxidation sites excluding steroid dienone is 10. The first-order chi connectivity index (χ1) is 33.3. The lowest BCUT2D eigenvalue weighted by molar-refractivity contribution is -0.379. The van der Waals surface area contributed by atoms with Crippen LogP contribution in [0.2, 0.25) is 0 Å². The predicted octanol–water partition coefficient (Wildman–Crippen LogP) is 1.36. The van der Waals surface area contributed by atoms with E-state index in [2.05, 4.69) is 79.9 Å². The van der Waals surface area contributed by atoms with E-state index in [1.54, 1.807) is 0 Å². The molecule has 0 aliphatic carbocycles. The molecule has 3 fully saturated rings. The van der Waals surface area contributed by atoms with Gasteiger partial charge in [-0.3, -0.25) is 4.79 Å². The average Bonchev–Trinajstić information content (AvgIpc) is 3.34. The maximum absolute atomic E-state index is 13.1. The van der Waals surface area contributed by atoms with Gasteiger partial charge in [0.05, 0.1) is 38.6 Å². The maximum atomic E-state index is 13.1. The van der Waals surface area contributed by atoms with Gasteiger partial charge in [-0.05, 0) is 57.8 Å². The molecular weight excluding hydrogens is 903 g/mol. The number of amides is 1. The Morgan fingerprint density at radius 2 is 1.00 bits per heavy atom. The van der Waals surface area contributed by atoms with Gasteiger partial charge in [0.2, 0.25) is 5.91 Å². The molecule has 0 aromatic rings. The van der Waals surface area contributed by atoms with E-state index in [0.717, 1.165) is 77.0 Å². The fraction of sp³-hybridized carbons (Fsp3) is 0.780. The lowest BCUT2D eigenvalue weighted by atomic mass is 9.96. The highest BCUT2D eigenvalue weighted by Gasteiger charge is 2.53. The summed E-state index contributed by atoms with van der Waals surface area (Å²) in [7, 11) is 0. The minimum atomic E-state index is -1.97. The van der Waals surface area contributed by atoms with Crippen LogP contribution in [0.15, 0.2) is 60.8 Å². The fourth-order valence-corrected chi connectivity index (χ4v) is 8.16. The molecule has 3 rings (SSSR count).